The molecule has 5 heteroatoms. The fourth-order valence-corrected chi connectivity index (χ4v) is 2.81. The van der Waals surface area contributed by atoms with Crippen LogP contribution in [0.1, 0.15) is 11.3 Å². The number of hydrogen-bond acceptors (Lipinski definition) is 5. The minimum atomic E-state index is 0.612. The van der Waals surface area contributed by atoms with Crippen molar-refractivity contribution in [3.8, 4) is 10.4 Å². The molecule has 3 rings (SSSR count). The van der Waals surface area contributed by atoms with Crippen molar-refractivity contribution in [2.24, 2.45) is 0 Å². The molecule has 0 aliphatic rings. The third kappa shape index (κ3) is 2.53. The lowest BCUT2D eigenvalue weighted by Gasteiger charge is -2.12. The van der Waals surface area contributed by atoms with Crippen molar-refractivity contribution in [3.05, 3.63) is 53.4 Å². The Hall–Kier alpha value is -2.27. The highest BCUT2D eigenvalue weighted by molar-refractivity contribution is 7.13. The largest absolute Gasteiger partial charge is 0.324 e. The van der Waals surface area contributed by atoms with Crippen LogP contribution in [-0.2, 0) is 0 Å². The molecule has 20 heavy (non-hydrogen) atoms. The van der Waals surface area contributed by atoms with Gasteiger partial charge in [-0.3, -0.25) is 4.98 Å². The Morgan fingerprint density at radius 2 is 2.05 bits per heavy atom. The van der Waals surface area contributed by atoms with Crippen LogP contribution in [0.2, 0.25) is 0 Å². The minimum Gasteiger partial charge on any atom is -0.324 e. The number of aromatic nitrogens is 3. The van der Waals surface area contributed by atoms with E-state index in [1.165, 1.54) is 5.56 Å². The third-order valence-corrected chi connectivity index (χ3v) is 3.78. The number of nitrogens with one attached hydrogen (secondary N) is 1. The van der Waals surface area contributed by atoms with Gasteiger partial charge in [0.15, 0.2) is 0 Å². The molecule has 100 valence electrons. The van der Waals surface area contributed by atoms with Gasteiger partial charge in [0.2, 0.25) is 5.95 Å². The van der Waals surface area contributed by atoms with Crippen LogP contribution in [-0.4, -0.2) is 15.0 Å². The van der Waals surface area contributed by atoms with Gasteiger partial charge in [-0.1, -0.05) is 12.1 Å². The second-order valence-electron chi connectivity index (χ2n) is 4.51. The molecule has 0 aliphatic carbocycles. The second-order valence-corrected chi connectivity index (χ2v) is 5.40. The molecule has 0 radical (unpaired) electrons. The van der Waals surface area contributed by atoms with Crippen molar-refractivity contribution >= 4 is 23.0 Å². The van der Waals surface area contributed by atoms with Gasteiger partial charge in [-0.25, -0.2) is 9.97 Å². The second kappa shape index (κ2) is 5.38. The minimum absolute atomic E-state index is 0.612. The summed E-state index contributed by atoms with van der Waals surface area (Å²) in [4.78, 5) is 13.9. The molecular weight excluding hydrogens is 268 g/mol. The van der Waals surface area contributed by atoms with Gasteiger partial charge in [-0.05, 0) is 31.5 Å². The zero-order valence-corrected chi connectivity index (χ0v) is 12.1. The molecular formula is C15H14N4S. The molecule has 2 aromatic heterocycles. The quantitative estimate of drug-likeness (QED) is 0.790. The van der Waals surface area contributed by atoms with Gasteiger partial charge >= 0.3 is 0 Å². The molecule has 0 fully saturated rings. The fourth-order valence-electron chi connectivity index (χ4n) is 2.07. The summed E-state index contributed by atoms with van der Waals surface area (Å²) >= 11 is 1.63. The molecule has 0 saturated carbocycles. The van der Waals surface area contributed by atoms with Crippen molar-refractivity contribution in [2.75, 3.05) is 5.32 Å². The smallest absolute Gasteiger partial charge is 0.227 e. The lowest BCUT2D eigenvalue weighted by Crippen LogP contribution is -1.99. The third-order valence-electron chi connectivity index (χ3n) is 2.99. The topological polar surface area (TPSA) is 50.7 Å². The van der Waals surface area contributed by atoms with Crippen LogP contribution in [0.25, 0.3) is 10.4 Å². The van der Waals surface area contributed by atoms with Crippen LogP contribution in [0.3, 0.4) is 0 Å². The summed E-state index contributed by atoms with van der Waals surface area (Å²) in [5, 5.41) is 3.30. The van der Waals surface area contributed by atoms with Gasteiger partial charge in [0, 0.05) is 29.3 Å². The molecule has 0 aliphatic heterocycles. The predicted molar refractivity (Wildman–Crippen MR) is 82.3 cm³/mol. The standard InChI is InChI=1S/C15H14N4S/c1-10-4-3-5-12(14(10)13-8-16-9-20-13)19-15-17-7-6-11(2)18-15/h3-9H,1-2H3,(H,17,18,19). The zero-order valence-electron chi connectivity index (χ0n) is 11.3. The van der Waals surface area contributed by atoms with E-state index in [9.17, 15) is 0 Å². The molecule has 0 amide bonds. The molecule has 1 aromatic carbocycles. The average molecular weight is 282 g/mol. The Bertz CT molecular complexity index is 722. The van der Waals surface area contributed by atoms with E-state index in [1.54, 1.807) is 17.5 Å². The fraction of sp³-hybridized carbons (Fsp3) is 0.133. The number of rotatable bonds is 3. The SMILES string of the molecule is Cc1ccnc(Nc2cccc(C)c2-c2cncs2)n1. The van der Waals surface area contributed by atoms with Crippen molar-refractivity contribution in [3.63, 3.8) is 0 Å². The van der Waals surface area contributed by atoms with Crippen LogP contribution in [0, 0.1) is 13.8 Å². The van der Waals surface area contributed by atoms with Crippen molar-refractivity contribution in [2.45, 2.75) is 13.8 Å². The Morgan fingerprint density at radius 3 is 2.80 bits per heavy atom. The first-order valence-electron chi connectivity index (χ1n) is 6.29. The molecule has 0 bridgehead atoms. The molecule has 4 nitrogen and oxygen atoms in total. The van der Waals surface area contributed by atoms with E-state index in [2.05, 4.69) is 33.3 Å². The first kappa shape index (κ1) is 12.7. The maximum absolute atomic E-state index is 4.39. The average Bonchev–Trinajstić information content (AvgIpc) is 2.92. The van der Waals surface area contributed by atoms with Gasteiger partial charge in [0.25, 0.3) is 0 Å². The Kier molecular flexibility index (Phi) is 3.43. The van der Waals surface area contributed by atoms with Crippen molar-refractivity contribution in [1.82, 2.24) is 15.0 Å². The van der Waals surface area contributed by atoms with Gasteiger partial charge in [-0.2, -0.15) is 0 Å². The summed E-state index contributed by atoms with van der Waals surface area (Å²) in [5.74, 6) is 0.612. The van der Waals surface area contributed by atoms with Crippen LogP contribution in [0.15, 0.2) is 42.2 Å². The van der Waals surface area contributed by atoms with E-state index >= 15 is 0 Å². The predicted octanol–water partition coefficient (Wildman–Crippen LogP) is 3.96. The highest BCUT2D eigenvalue weighted by atomic mass is 32.1. The highest BCUT2D eigenvalue weighted by Crippen LogP contribution is 2.34. The van der Waals surface area contributed by atoms with Gasteiger partial charge in [0.1, 0.15) is 0 Å². The number of hydrogen-bond donors (Lipinski definition) is 1. The summed E-state index contributed by atoms with van der Waals surface area (Å²) in [6, 6.07) is 8.04. The Morgan fingerprint density at radius 1 is 1.15 bits per heavy atom. The van der Waals surface area contributed by atoms with Crippen LogP contribution >= 0.6 is 11.3 Å². The number of thiazole rings is 1. The summed E-state index contributed by atoms with van der Waals surface area (Å²) in [6.45, 7) is 4.05. The molecule has 0 saturated heterocycles. The van der Waals surface area contributed by atoms with Crippen LogP contribution in [0.5, 0.6) is 0 Å². The monoisotopic (exact) mass is 282 g/mol. The van der Waals surface area contributed by atoms with Crippen molar-refractivity contribution in [1.29, 1.82) is 0 Å². The number of nitrogens with zero attached hydrogens (tertiary/aromatic N) is 3. The number of aryl methyl sites for hydroxylation is 2. The molecule has 0 spiro atoms. The maximum atomic E-state index is 4.39. The van der Waals surface area contributed by atoms with E-state index in [4.69, 9.17) is 0 Å². The van der Waals surface area contributed by atoms with E-state index < -0.39 is 0 Å². The summed E-state index contributed by atoms with van der Waals surface area (Å²) in [5.41, 5.74) is 6.13. The maximum Gasteiger partial charge on any atom is 0.227 e. The lowest BCUT2D eigenvalue weighted by atomic mass is 10.1. The zero-order chi connectivity index (χ0) is 13.9. The summed E-state index contributed by atoms with van der Waals surface area (Å²) in [7, 11) is 0. The van der Waals surface area contributed by atoms with Crippen LogP contribution in [0.4, 0.5) is 11.6 Å². The van der Waals surface area contributed by atoms with Gasteiger partial charge in [-0.15, -0.1) is 11.3 Å². The van der Waals surface area contributed by atoms with E-state index in [1.807, 2.05) is 36.8 Å². The Balaban J connectivity index is 2.04. The lowest BCUT2D eigenvalue weighted by molar-refractivity contribution is 1.11. The molecule has 1 N–H and O–H groups in total. The van der Waals surface area contributed by atoms with Gasteiger partial charge < -0.3 is 5.32 Å². The van der Waals surface area contributed by atoms with Gasteiger partial charge in [0.05, 0.1) is 10.4 Å². The number of benzene rings is 1. The summed E-state index contributed by atoms with van der Waals surface area (Å²) < 4.78 is 0. The molecule has 0 unspecified atom stereocenters. The Labute approximate surface area is 121 Å². The highest BCUT2D eigenvalue weighted by Gasteiger charge is 2.10. The normalized spacial score (nSPS) is 10.5. The first-order valence-corrected chi connectivity index (χ1v) is 7.17. The molecule has 2 heterocycles. The van der Waals surface area contributed by atoms with Crippen molar-refractivity contribution < 1.29 is 0 Å². The molecule has 3 aromatic rings. The number of anilines is 2. The molecule has 0 atom stereocenters. The van der Waals surface area contributed by atoms with Crippen LogP contribution < -0.4 is 5.32 Å². The van der Waals surface area contributed by atoms with E-state index in [0.29, 0.717) is 5.95 Å². The van der Waals surface area contributed by atoms with E-state index in [0.717, 1.165) is 21.8 Å². The van der Waals surface area contributed by atoms with E-state index in [-0.39, 0.29) is 0 Å². The summed E-state index contributed by atoms with van der Waals surface area (Å²) in [6.07, 6.45) is 3.64. The first-order chi connectivity index (χ1) is 9.74.